The van der Waals surface area contributed by atoms with Gasteiger partial charge in [0.2, 0.25) is 5.91 Å². The van der Waals surface area contributed by atoms with Gasteiger partial charge in [-0.15, -0.1) is 10.2 Å². The summed E-state index contributed by atoms with van der Waals surface area (Å²) in [6.07, 6.45) is 4.01. The first kappa shape index (κ1) is 22.2. The first-order valence-electron chi connectivity index (χ1n) is 12.2. The number of carbonyl (C=O) groups is 1. The van der Waals surface area contributed by atoms with Crippen LogP contribution < -0.4 is 4.90 Å². The number of benzene rings is 1. The zero-order valence-electron chi connectivity index (χ0n) is 19.4. The van der Waals surface area contributed by atoms with Crippen LogP contribution in [0, 0.1) is 12.7 Å². The van der Waals surface area contributed by atoms with Crippen LogP contribution in [0.5, 0.6) is 0 Å². The zero-order valence-corrected chi connectivity index (χ0v) is 19.4. The van der Waals surface area contributed by atoms with Gasteiger partial charge in [-0.1, -0.05) is 18.1 Å². The molecule has 0 radical (unpaired) electrons. The molecule has 0 atom stereocenters. The molecule has 8 heteroatoms. The Morgan fingerprint density at radius 3 is 2.36 bits per heavy atom. The molecule has 1 aromatic carbocycles. The molecule has 176 valence electrons. The Morgan fingerprint density at radius 2 is 1.73 bits per heavy atom. The van der Waals surface area contributed by atoms with E-state index < -0.39 is 0 Å². The fourth-order valence-corrected chi connectivity index (χ4v) is 4.99. The quantitative estimate of drug-likeness (QED) is 0.695. The molecule has 33 heavy (non-hydrogen) atoms. The lowest BCUT2D eigenvalue weighted by Crippen LogP contribution is -2.56. The van der Waals surface area contributed by atoms with Gasteiger partial charge >= 0.3 is 0 Å². The van der Waals surface area contributed by atoms with Crippen LogP contribution in [0.4, 0.5) is 10.2 Å². The summed E-state index contributed by atoms with van der Waals surface area (Å²) in [5.41, 5.74) is 2.01. The first-order chi connectivity index (χ1) is 16.1. The number of anilines is 1. The van der Waals surface area contributed by atoms with E-state index in [0.29, 0.717) is 17.8 Å². The average molecular weight is 453 g/mol. The van der Waals surface area contributed by atoms with Gasteiger partial charge in [0.15, 0.2) is 5.82 Å². The van der Waals surface area contributed by atoms with Crippen LogP contribution in [0.15, 0.2) is 30.3 Å². The van der Waals surface area contributed by atoms with Gasteiger partial charge in [-0.3, -0.25) is 14.6 Å². The summed E-state index contributed by atoms with van der Waals surface area (Å²) in [7, 11) is 0. The summed E-state index contributed by atoms with van der Waals surface area (Å²) in [4.78, 5) is 21.8. The Bertz CT molecular complexity index is 963. The number of aryl methyl sites for hydroxylation is 1. The minimum atomic E-state index is -0.287. The molecular formula is C25H33FN6O. The monoisotopic (exact) mass is 452 g/mol. The number of hydrogen-bond acceptors (Lipinski definition) is 6. The van der Waals surface area contributed by atoms with E-state index in [1.54, 1.807) is 12.1 Å². The number of rotatable bonds is 5. The number of hydrogen-bond donors (Lipinski definition) is 0. The van der Waals surface area contributed by atoms with Gasteiger partial charge < -0.3 is 9.80 Å². The normalized spacial score (nSPS) is 20.7. The number of amides is 1. The van der Waals surface area contributed by atoms with Gasteiger partial charge in [0.25, 0.3) is 0 Å². The molecule has 7 nitrogen and oxygen atoms in total. The maximum Gasteiger partial charge on any atom is 0.236 e. The molecule has 2 saturated heterocycles. The molecule has 3 heterocycles. The molecule has 0 unspecified atom stereocenters. The van der Waals surface area contributed by atoms with Crippen molar-refractivity contribution >= 4 is 11.7 Å². The van der Waals surface area contributed by atoms with Crippen LogP contribution in [0.1, 0.15) is 24.8 Å². The van der Waals surface area contributed by atoms with Gasteiger partial charge in [0.1, 0.15) is 5.82 Å². The molecule has 0 spiro atoms. The van der Waals surface area contributed by atoms with E-state index in [-0.39, 0.29) is 11.7 Å². The molecule has 2 aliphatic heterocycles. The Morgan fingerprint density at radius 1 is 0.970 bits per heavy atom. The zero-order chi connectivity index (χ0) is 22.8. The molecule has 1 aromatic heterocycles. The largest absolute Gasteiger partial charge is 0.353 e. The Hall–Kier alpha value is -2.58. The predicted octanol–water partition coefficient (Wildman–Crippen LogP) is 2.41. The molecule has 3 aliphatic rings. The molecule has 3 fully saturated rings. The van der Waals surface area contributed by atoms with Gasteiger partial charge in [-0.05, 0) is 44.0 Å². The number of halogens is 1. The minimum Gasteiger partial charge on any atom is -0.353 e. The highest BCUT2D eigenvalue weighted by atomic mass is 19.1. The van der Waals surface area contributed by atoms with Crippen LogP contribution in [0.25, 0.3) is 11.3 Å². The Kier molecular flexibility index (Phi) is 6.55. The van der Waals surface area contributed by atoms with Crippen molar-refractivity contribution in [2.24, 2.45) is 0 Å². The third kappa shape index (κ3) is 5.01. The van der Waals surface area contributed by atoms with Crippen molar-refractivity contribution < 1.29 is 9.18 Å². The lowest BCUT2D eigenvalue weighted by Gasteiger charge is -2.43. The highest BCUT2D eigenvalue weighted by Gasteiger charge is 2.30. The molecule has 1 saturated carbocycles. The minimum absolute atomic E-state index is 0.251. The fourth-order valence-electron chi connectivity index (χ4n) is 4.99. The van der Waals surface area contributed by atoms with Crippen molar-refractivity contribution in [2.45, 2.75) is 32.2 Å². The van der Waals surface area contributed by atoms with E-state index in [0.717, 1.165) is 69.8 Å². The Labute approximate surface area is 195 Å². The molecule has 5 rings (SSSR count). The third-order valence-corrected chi connectivity index (χ3v) is 7.36. The topological polar surface area (TPSA) is 55.8 Å². The maximum absolute atomic E-state index is 14.1. The van der Waals surface area contributed by atoms with Crippen LogP contribution in [-0.2, 0) is 4.79 Å². The van der Waals surface area contributed by atoms with Crippen LogP contribution in [-0.4, -0.2) is 95.7 Å². The smallest absolute Gasteiger partial charge is 0.236 e. The summed E-state index contributed by atoms with van der Waals surface area (Å²) in [6, 6.07) is 9.52. The summed E-state index contributed by atoms with van der Waals surface area (Å²) in [5.74, 6) is 0.760. The molecule has 2 aromatic rings. The third-order valence-electron chi connectivity index (χ3n) is 7.36. The van der Waals surface area contributed by atoms with Gasteiger partial charge in [-0.25, -0.2) is 4.39 Å². The van der Waals surface area contributed by atoms with E-state index in [4.69, 9.17) is 0 Å². The SMILES string of the molecule is Cc1ccc(F)c(-c2ccc(N3CCN(CC(=O)N4CCN(C5CCC5)CC4)CC3)nn2)c1. The summed E-state index contributed by atoms with van der Waals surface area (Å²) < 4.78 is 14.1. The highest BCUT2D eigenvalue weighted by molar-refractivity contribution is 5.78. The van der Waals surface area contributed by atoms with E-state index >= 15 is 0 Å². The fraction of sp³-hybridized carbons (Fsp3) is 0.560. The lowest BCUT2D eigenvalue weighted by atomic mass is 9.91. The van der Waals surface area contributed by atoms with Crippen molar-refractivity contribution in [3.63, 3.8) is 0 Å². The van der Waals surface area contributed by atoms with Crippen LogP contribution in [0.3, 0.4) is 0 Å². The first-order valence-corrected chi connectivity index (χ1v) is 12.2. The van der Waals surface area contributed by atoms with Crippen molar-refractivity contribution in [3.8, 4) is 11.3 Å². The summed E-state index contributed by atoms with van der Waals surface area (Å²) in [6.45, 7) is 9.44. The van der Waals surface area contributed by atoms with Crippen molar-refractivity contribution in [3.05, 3.63) is 41.7 Å². The molecule has 0 N–H and O–H groups in total. The van der Waals surface area contributed by atoms with Crippen LogP contribution >= 0.6 is 0 Å². The summed E-state index contributed by atoms with van der Waals surface area (Å²) >= 11 is 0. The second-order valence-corrected chi connectivity index (χ2v) is 9.52. The van der Waals surface area contributed by atoms with Crippen molar-refractivity contribution in [1.82, 2.24) is 24.9 Å². The summed E-state index contributed by atoms with van der Waals surface area (Å²) in [5, 5.41) is 8.63. The number of piperazine rings is 2. The second-order valence-electron chi connectivity index (χ2n) is 9.52. The molecular weight excluding hydrogens is 419 g/mol. The maximum atomic E-state index is 14.1. The number of aromatic nitrogens is 2. The average Bonchev–Trinajstić information content (AvgIpc) is 2.81. The van der Waals surface area contributed by atoms with Crippen molar-refractivity contribution in [2.75, 3.05) is 63.8 Å². The molecule has 1 aliphatic carbocycles. The van der Waals surface area contributed by atoms with E-state index in [1.807, 2.05) is 24.0 Å². The van der Waals surface area contributed by atoms with Gasteiger partial charge in [-0.2, -0.15) is 0 Å². The van der Waals surface area contributed by atoms with Crippen LogP contribution in [0.2, 0.25) is 0 Å². The molecule has 1 amide bonds. The Balaban J connectivity index is 1.10. The van der Waals surface area contributed by atoms with Gasteiger partial charge in [0.05, 0.1) is 12.2 Å². The number of nitrogens with zero attached hydrogens (tertiary/aromatic N) is 6. The number of carbonyl (C=O) groups excluding carboxylic acids is 1. The lowest BCUT2D eigenvalue weighted by molar-refractivity contribution is -0.134. The highest BCUT2D eigenvalue weighted by Crippen LogP contribution is 2.26. The molecule has 0 bridgehead atoms. The second kappa shape index (κ2) is 9.73. The van der Waals surface area contributed by atoms with Gasteiger partial charge in [0, 0.05) is 64.0 Å². The standard InChI is InChI=1S/C25H33FN6O/c1-19-5-6-22(26)21(17-19)23-7-8-24(28-27-23)31-11-9-29(10-12-31)18-25(33)32-15-13-30(14-16-32)20-3-2-4-20/h5-8,17,20H,2-4,9-16,18H2,1H3. The van der Waals surface area contributed by atoms with Crippen molar-refractivity contribution in [1.29, 1.82) is 0 Å². The van der Waals surface area contributed by atoms with E-state index in [1.165, 1.54) is 25.3 Å². The predicted molar refractivity (Wildman–Crippen MR) is 127 cm³/mol. The van der Waals surface area contributed by atoms with E-state index in [2.05, 4.69) is 24.9 Å². The van der Waals surface area contributed by atoms with E-state index in [9.17, 15) is 9.18 Å².